The first kappa shape index (κ1) is 17.8. The molecule has 0 spiro atoms. The van der Waals surface area contributed by atoms with Gasteiger partial charge in [-0.05, 0) is 50.1 Å². The molecule has 1 aromatic heterocycles. The number of fused-ring (bicyclic) bond motifs is 1. The number of aromatic nitrogens is 1. The van der Waals surface area contributed by atoms with Crippen molar-refractivity contribution < 1.29 is 4.79 Å². The van der Waals surface area contributed by atoms with E-state index < -0.39 is 0 Å². The molecule has 2 atom stereocenters. The molecule has 0 bridgehead atoms. The van der Waals surface area contributed by atoms with Crippen molar-refractivity contribution in [3.63, 3.8) is 0 Å². The van der Waals surface area contributed by atoms with E-state index in [0.717, 1.165) is 37.0 Å². The maximum Gasteiger partial charge on any atom is 0.223 e. The highest BCUT2D eigenvalue weighted by molar-refractivity contribution is 5.85. The van der Waals surface area contributed by atoms with E-state index in [1.807, 2.05) is 19.1 Å². The van der Waals surface area contributed by atoms with Crippen LogP contribution in [0.25, 0.3) is 10.9 Å². The van der Waals surface area contributed by atoms with E-state index in [4.69, 9.17) is 5.73 Å². The number of rotatable bonds is 4. The molecular weight excluding hydrogens is 310 g/mol. The highest BCUT2D eigenvalue weighted by Crippen LogP contribution is 2.32. The van der Waals surface area contributed by atoms with Gasteiger partial charge < -0.3 is 15.6 Å². The fraction of sp³-hybridized carbons (Fsp3) is 0.500. The third kappa shape index (κ3) is 4.06. The Bertz CT molecular complexity index is 620. The molecule has 1 fully saturated rings. The van der Waals surface area contributed by atoms with Crippen LogP contribution in [-0.2, 0) is 4.79 Å². The molecule has 1 aliphatic heterocycles. The molecule has 0 radical (unpaired) electrons. The lowest BCUT2D eigenvalue weighted by Crippen LogP contribution is -2.39. The molecule has 1 saturated heterocycles. The maximum absolute atomic E-state index is 12.6. The summed E-state index contributed by atoms with van der Waals surface area (Å²) in [5.74, 6) is 0.237. The number of hydrogen-bond acceptors (Lipinski definition) is 2. The molecule has 23 heavy (non-hydrogen) atoms. The van der Waals surface area contributed by atoms with Gasteiger partial charge in [-0.25, -0.2) is 0 Å². The lowest BCUT2D eigenvalue weighted by Gasteiger charge is -2.35. The van der Waals surface area contributed by atoms with E-state index in [9.17, 15) is 4.79 Å². The summed E-state index contributed by atoms with van der Waals surface area (Å²) in [6, 6.07) is 10.7. The Morgan fingerprint density at radius 3 is 2.91 bits per heavy atom. The van der Waals surface area contributed by atoms with E-state index in [2.05, 4.69) is 28.1 Å². The van der Waals surface area contributed by atoms with Gasteiger partial charge in [0.25, 0.3) is 0 Å². The van der Waals surface area contributed by atoms with Crippen molar-refractivity contribution in [2.45, 2.75) is 51.1 Å². The summed E-state index contributed by atoms with van der Waals surface area (Å²) in [6.07, 6.45) is 4.62. The standard InChI is InChI=1S/C18H25N3O.ClH/c1-13(19)9-10-18(22)21-11-5-4-8-17(21)16-12-14-6-2-3-7-15(14)20-16;/h2-3,6-7,12-13,17,20H,4-5,8-11,19H2,1H3;1H. The molecule has 1 aromatic carbocycles. The smallest absolute Gasteiger partial charge is 0.223 e. The van der Waals surface area contributed by atoms with Gasteiger partial charge in [0, 0.05) is 30.2 Å². The fourth-order valence-electron chi connectivity index (χ4n) is 3.32. The van der Waals surface area contributed by atoms with E-state index in [0.29, 0.717) is 6.42 Å². The average Bonchev–Trinajstić information content (AvgIpc) is 2.96. The summed E-state index contributed by atoms with van der Waals surface area (Å²) in [4.78, 5) is 18.1. The molecule has 4 nitrogen and oxygen atoms in total. The summed E-state index contributed by atoms with van der Waals surface area (Å²) in [5, 5.41) is 1.21. The summed E-state index contributed by atoms with van der Waals surface area (Å²) in [5.41, 5.74) is 8.10. The highest BCUT2D eigenvalue weighted by Gasteiger charge is 2.28. The van der Waals surface area contributed by atoms with E-state index in [-0.39, 0.29) is 30.4 Å². The van der Waals surface area contributed by atoms with E-state index >= 15 is 0 Å². The van der Waals surface area contributed by atoms with Crippen molar-refractivity contribution in [3.8, 4) is 0 Å². The molecule has 5 heteroatoms. The van der Waals surface area contributed by atoms with Gasteiger partial charge in [-0.3, -0.25) is 4.79 Å². The van der Waals surface area contributed by atoms with Crippen molar-refractivity contribution >= 4 is 29.2 Å². The first-order chi connectivity index (χ1) is 10.6. The van der Waals surface area contributed by atoms with Crippen LogP contribution in [0.3, 0.4) is 0 Å². The zero-order chi connectivity index (χ0) is 15.5. The Morgan fingerprint density at radius 1 is 1.39 bits per heavy atom. The first-order valence-corrected chi connectivity index (χ1v) is 8.28. The van der Waals surface area contributed by atoms with Crippen LogP contribution >= 0.6 is 12.4 Å². The van der Waals surface area contributed by atoms with Crippen LogP contribution in [0.2, 0.25) is 0 Å². The topological polar surface area (TPSA) is 62.1 Å². The molecule has 3 rings (SSSR count). The molecule has 126 valence electrons. The second-order valence-corrected chi connectivity index (χ2v) is 6.43. The maximum atomic E-state index is 12.6. The van der Waals surface area contributed by atoms with E-state index in [1.54, 1.807) is 0 Å². The minimum atomic E-state index is 0. The number of nitrogens with one attached hydrogen (secondary N) is 1. The number of piperidine rings is 1. The van der Waals surface area contributed by atoms with Crippen LogP contribution < -0.4 is 5.73 Å². The number of aromatic amines is 1. The van der Waals surface area contributed by atoms with Gasteiger partial charge in [0.2, 0.25) is 5.91 Å². The average molecular weight is 336 g/mol. The normalized spacial score (nSPS) is 19.4. The van der Waals surface area contributed by atoms with Crippen molar-refractivity contribution in [1.82, 2.24) is 9.88 Å². The number of likely N-dealkylation sites (tertiary alicyclic amines) is 1. The van der Waals surface area contributed by atoms with Gasteiger partial charge in [0.05, 0.1) is 6.04 Å². The number of nitrogens with zero attached hydrogens (tertiary/aromatic N) is 1. The SMILES string of the molecule is CC(N)CCC(=O)N1CCCCC1c1cc2ccccc2[nH]1.Cl. The number of H-pyrrole nitrogens is 1. The van der Waals surface area contributed by atoms with Gasteiger partial charge in [-0.15, -0.1) is 12.4 Å². The summed E-state index contributed by atoms with van der Waals surface area (Å²) < 4.78 is 0. The van der Waals surface area contributed by atoms with Crippen molar-refractivity contribution in [1.29, 1.82) is 0 Å². The minimum Gasteiger partial charge on any atom is -0.357 e. The van der Waals surface area contributed by atoms with Crippen LogP contribution in [0.15, 0.2) is 30.3 Å². The van der Waals surface area contributed by atoms with Crippen molar-refractivity contribution in [2.24, 2.45) is 5.73 Å². The van der Waals surface area contributed by atoms with Gasteiger partial charge in [-0.2, -0.15) is 0 Å². The molecule has 2 aromatic rings. The molecule has 3 N–H and O–H groups in total. The van der Waals surface area contributed by atoms with Crippen LogP contribution in [0.4, 0.5) is 0 Å². The summed E-state index contributed by atoms with van der Waals surface area (Å²) in [7, 11) is 0. The molecule has 2 unspecified atom stereocenters. The second-order valence-electron chi connectivity index (χ2n) is 6.43. The number of benzene rings is 1. The Labute approximate surface area is 143 Å². The Kier molecular flexibility index (Phi) is 6.08. The first-order valence-electron chi connectivity index (χ1n) is 8.28. The molecular formula is C18H26ClN3O. The monoisotopic (exact) mass is 335 g/mol. The Morgan fingerprint density at radius 2 is 2.17 bits per heavy atom. The van der Waals surface area contributed by atoms with Crippen molar-refractivity contribution in [3.05, 3.63) is 36.0 Å². The van der Waals surface area contributed by atoms with E-state index in [1.165, 1.54) is 11.8 Å². The Balaban J connectivity index is 0.00000192. The lowest BCUT2D eigenvalue weighted by atomic mass is 9.98. The zero-order valence-corrected chi connectivity index (χ0v) is 14.4. The summed E-state index contributed by atoms with van der Waals surface area (Å²) in [6.45, 7) is 2.82. The number of nitrogens with two attached hydrogens (primary N) is 1. The second kappa shape index (κ2) is 7.84. The third-order valence-corrected chi connectivity index (χ3v) is 4.55. The fourth-order valence-corrected chi connectivity index (χ4v) is 3.32. The van der Waals surface area contributed by atoms with Gasteiger partial charge in [0.1, 0.15) is 0 Å². The third-order valence-electron chi connectivity index (χ3n) is 4.55. The van der Waals surface area contributed by atoms with Crippen molar-refractivity contribution in [2.75, 3.05) is 6.54 Å². The number of carbonyl (C=O) groups excluding carboxylic acids is 1. The van der Waals surface area contributed by atoms with Crippen LogP contribution in [-0.4, -0.2) is 28.4 Å². The largest absolute Gasteiger partial charge is 0.357 e. The predicted octanol–water partition coefficient (Wildman–Crippen LogP) is 3.77. The number of carbonyl (C=O) groups is 1. The highest BCUT2D eigenvalue weighted by atomic mass is 35.5. The van der Waals surface area contributed by atoms with Gasteiger partial charge in [0.15, 0.2) is 0 Å². The van der Waals surface area contributed by atoms with Crippen LogP contribution in [0.1, 0.15) is 50.8 Å². The summed E-state index contributed by atoms with van der Waals surface area (Å²) >= 11 is 0. The van der Waals surface area contributed by atoms with Gasteiger partial charge >= 0.3 is 0 Å². The van der Waals surface area contributed by atoms with Crippen LogP contribution in [0.5, 0.6) is 0 Å². The number of amides is 1. The number of hydrogen-bond donors (Lipinski definition) is 2. The minimum absolute atomic E-state index is 0. The zero-order valence-electron chi connectivity index (χ0n) is 13.6. The number of halogens is 1. The Hall–Kier alpha value is -1.52. The van der Waals surface area contributed by atoms with Gasteiger partial charge in [-0.1, -0.05) is 18.2 Å². The molecule has 1 amide bonds. The molecule has 0 saturated carbocycles. The quantitative estimate of drug-likeness (QED) is 0.893. The molecule has 1 aliphatic rings. The molecule has 0 aliphatic carbocycles. The number of para-hydroxylation sites is 1. The predicted molar refractivity (Wildman–Crippen MR) is 96.7 cm³/mol. The molecule has 2 heterocycles. The van der Waals surface area contributed by atoms with Crippen LogP contribution in [0, 0.1) is 0 Å². The lowest BCUT2D eigenvalue weighted by molar-refractivity contribution is -0.135.